The fraction of sp³-hybridized carbons (Fsp3) is 0.450. The van der Waals surface area contributed by atoms with Crippen LogP contribution in [0.25, 0.3) is 10.9 Å². The molecule has 0 atom stereocenters. The number of benzene rings is 1. The Bertz CT molecular complexity index is 781. The predicted molar refractivity (Wildman–Crippen MR) is 99.9 cm³/mol. The first-order chi connectivity index (χ1) is 12.6. The number of aliphatic carboxylic acids is 1. The molecule has 26 heavy (non-hydrogen) atoms. The number of hydrogen-bond acceptors (Lipinski definition) is 4. The zero-order valence-electron chi connectivity index (χ0n) is 15.0. The zero-order valence-corrected chi connectivity index (χ0v) is 15.0. The number of fused-ring (bicyclic) bond motifs is 1. The van der Waals surface area contributed by atoms with Crippen LogP contribution in [0, 0.1) is 0 Å². The van der Waals surface area contributed by atoms with E-state index in [1.54, 1.807) is 6.20 Å². The van der Waals surface area contributed by atoms with Crippen molar-refractivity contribution in [2.24, 2.45) is 0 Å². The molecule has 2 aromatic rings. The Morgan fingerprint density at radius 1 is 1.27 bits per heavy atom. The largest absolute Gasteiger partial charge is 0.480 e. The van der Waals surface area contributed by atoms with E-state index in [1.165, 1.54) is 0 Å². The third kappa shape index (κ3) is 4.38. The molecule has 0 unspecified atom stereocenters. The molecule has 6 heteroatoms. The minimum atomic E-state index is -0.802. The summed E-state index contributed by atoms with van der Waals surface area (Å²) in [5.74, 6) is -0.750. The molecule has 1 heterocycles. The van der Waals surface area contributed by atoms with E-state index in [9.17, 15) is 9.59 Å². The van der Waals surface area contributed by atoms with Gasteiger partial charge in [0.1, 0.15) is 0 Å². The summed E-state index contributed by atoms with van der Waals surface area (Å²) in [5.41, 5.74) is 2.08. The molecule has 1 fully saturated rings. The van der Waals surface area contributed by atoms with Crippen LogP contribution in [0.2, 0.25) is 0 Å². The Kier molecular flexibility index (Phi) is 5.83. The minimum Gasteiger partial charge on any atom is -0.480 e. The molecule has 3 rings (SSSR count). The Morgan fingerprint density at radius 3 is 2.77 bits per heavy atom. The van der Waals surface area contributed by atoms with Crippen molar-refractivity contribution in [1.29, 1.82) is 0 Å². The average Bonchev–Trinajstić information content (AvgIpc) is 2.60. The molecule has 0 aliphatic heterocycles. The van der Waals surface area contributed by atoms with E-state index in [0.717, 1.165) is 29.3 Å². The van der Waals surface area contributed by atoms with E-state index >= 15 is 0 Å². The standard InChI is InChI=1S/C20H25N3O3/c1-2-23(13-20(25)26)16-11-15(12-16)22-19(24)8-7-14-9-10-21-18-6-4-3-5-17(14)18/h3-6,9-10,15-16H,2,7-8,11-13H2,1H3,(H,22,24)(H,25,26). The number of hydrogen-bond donors (Lipinski definition) is 2. The van der Waals surface area contributed by atoms with Crippen LogP contribution in [0.1, 0.15) is 31.7 Å². The van der Waals surface area contributed by atoms with Crippen molar-refractivity contribution < 1.29 is 14.7 Å². The number of carboxylic acids is 1. The van der Waals surface area contributed by atoms with Crippen LogP contribution < -0.4 is 5.32 Å². The summed E-state index contributed by atoms with van der Waals surface area (Å²) in [7, 11) is 0. The number of carboxylic acid groups (broad SMARTS) is 1. The van der Waals surface area contributed by atoms with Gasteiger partial charge in [0, 0.05) is 30.1 Å². The van der Waals surface area contributed by atoms with E-state index in [1.807, 2.05) is 42.2 Å². The second-order valence-corrected chi connectivity index (χ2v) is 6.83. The highest BCUT2D eigenvalue weighted by atomic mass is 16.4. The van der Waals surface area contributed by atoms with Crippen molar-refractivity contribution >= 4 is 22.8 Å². The first-order valence-electron chi connectivity index (χ1n) is 9.14. The monoisotopic (exact) mass is 355 g/mol. The fourth-order valence-corrected chi connectivity index (χ4v) is 3.60. The summed E-state index contributed by atoms with van der Waals surface area (Å²) in [6.45, 7) is 2.75. The quantitative estimate of drug-likeness (QED) is 0.759. The third-order valence-corrected chi connectivity index (χ3v) is 5.10. The molecule has 0 saturated heterocycles. The minimum absolute atomic E-state index is 0.0515. The summed E-state index contributed by atoms with van der Waals surface area (Å²) >= 11 is 0. The Hall–Kier alpha value is -2.47. The molecule has 1 aromatic carbocycles. The molecule has 0 spiro atoms. The molecule has 1 aliphatic carbocycles. The number of nitrogens with one attached hydrogen (secondary N) is 1. The molecule has 1 aliphatic rings. The zero-order chi connectivity index (χ0) is 18.5. The van der Waals surface area contributed by atoms with Crippen LogP contribution in [0.5, 0.6) is 0 Å². The van der Waals surface area contributed by atoms with Gasteiger partial charge in [-0.05, 0) is 43.5 Å². The second kappa shape index (κ2) is 8.27. The highest BCUT2D eigenvalue weighted by Crippen LogP contribution is 2.26. The summed E-state index contributed by atoms with van der Waals surface area (Å²) < 4.78 is 0. The predicted octanol–water partition coefficient (Wildman–Crippen LogP) is 2.22. The molecule has 0 bridgehead atoms. The molecule has 2 N–H and O–H groups in total. The average molecular weight is 355 g/mol. The van der Waals surface area contributed by atoms with Gasteiger partial charge < -0.3 is 10.4 Å². The number of aromatic nitrogens is 1. The number of nitrogens with zero attached hydrogens (tertiary/aromatic N) is 2. The Morgan fingerprint density at radius 2 is 2.04 bits per heavy atom. The lowest BCUT2D eigenvalue weighted by atomic mass is 9.85. The lowest BCUT2D eigenvalue weighted by Crippen LogP contribution is -2.54. The lowest BCUT2D eigenvalue weighted by Gasteiger charge is -2.42. The topological polar surface area (TPSA) is 82.5 Å². The van der Waals surface area contributed by atoms with Crippen molar-refractivity contribution in [3.8, 4) is 0 Å². The Balaban J connectivity index is 1.46. The van der Waals surface area contributed by atoms with E-state index in [4.69, 9.17) is 5.11 Å². The van der Waals surface area contributed by atoms with Crippen molar-refractivity contribution in [3.63, 3.8) is 0 Å². The smallest absolute Gasteiger partial charge is 0.317 e. The highest BCUT2D eigenvalue weighted by Gasteiger charge is 2.34. The van der Waals surface area contributed by atoms with Crippen molar-refractivity contribution in [2.45, 2.75) is 44.7 Å². The number of carbonyl (C=O) groups excluding carboxylic acids is 1. The first-order valence-corrected chi connectivity index (χ1v) is 9.14. The molecule has 1 saturated carbocycles. The fourth-order valence-electron chi connectivity index (χ4n) is 3.60. The summed E-state index contributed by atoms with van der Waals surface area (Å²) in [6.07, 6.45) is 4.57. The summed E-state index contributed by atoms with van der Waals surface area (Å²) in [5, 5.41) is 13.1. The van der Waals surface area contributed by atoms with Crippen molar-refractivity contribution in [3.05, 3.63) is 42.1 Å². The van der Waals surface area contributed by atoms with Crippen molar-refractivity contribution in [1.82, 2.24) is 15.2 Å². The van der Waals surface area contributed by atoms with Crippen LogP contribution in [-0.4, -0.2) is 52.0 Å². The van der Waals surface area contributed by atoms with Gasteiger partial charge in [-0.1, -0.05) is 25.1 Å². The number of rotatable bonds is 8. The Labute approximate surface area is 153 Å². The van der Waals surface area contributed by atoms with E-state index in [0.29, 0.717) is 19.4 Å². The molecule has 0 radical (unpaired) electrons. The molecular weight excluding hydrogens is 330 g/mol. The van der Waals surface area contributed by atoms with Gasteiger partial charge in [-0.2, -0.15) is 0 Å². The van der Waals surface area contributed by atoms with Gasteiger partial charge in [-0.15, -0.1) is 0 Å². The van der Waals surface area contributed by atoms with Crippen LogP contribution in [0.4, 0.5) is 0 Å². The maximum Gasteiger partial charge on any atom is 0.317 e. The van der Waals surface area contributed by atoms with Crippen LogP contribution in [-0.2, 0) is 16.0 Å². The lowest BCUT2D eigenvalue weighted by molar-refractivity contribution is -0.139. The van der Waals surface area contributed by atoms with Gasteiger partial charge >= 0.3 is 5.97 Å². The highest BCUT2D eigenvalue weighted by molar-refractivity contribution is 5.83. The first kappa shape index (κ1) is 18.3. The van der Waals surface area contributed by atoms with Crippen LogP contribution >= 0.6 is 0 Å². The maximum atomic E-state index is 12.2. The van der Waals surface area contributed by atoms with Crippen molar-refractivity contribution in [2.75, 3.05) is 13.1 Å². The van der Waals surface area contributed by atoms with Crippen LogP contribution in [0.3, 0.4) is 0 Å². The number of likely N-dealkylation sites (N-methyl/N-ethyl adjacent to an activating group) is 1. The van der Waals surface area contributed by atoms with Crippen LogP contribution in [0.15, 0.2) is 36.5 Å². The van der Waals surface area contributed by atoms with E-state index in [-0.39, 0.29) is 24.5 Å². The SMILES string of the molecule is CCN(CC(=O)O)C1CC(NC(=O)CCc2ccnc3ccccc23)C1. The second-order valence-electron chi connectivity index (χ2n) is 6.83. The van der Waals surface area contributed by atoms with Gasteiger partial charge in [-0.3, -0.25) is 19.5 Å². The number of amides is 1. The van der Waals surface area contributed by atoms with Gasteiger partial charge in [-0.25, -0.2) is 0 Å². The molecule has 1 aromatic heterocycles. The van der Waals surface area contributed by atoms with Gasteiger partial charge in [0.15, 0.2) is 0 Å². The van der Waals surface area contributed by atoms with Gasteiger partial charge in [0.25, 0.3) is 0 Å². The van der Waals surface area contributed by atoms with Gasteiger partial charge in [0.2, 0.25) is 5.91 Å². The molecule has 6 nitrogen and oxygen atoms in total. The molecule has 138 valence electrons. The number of pyridine rings is 1. The number of carbonyl (C=O) groups is 2. The van der Waals surface area contributed by atoms with Gasteiger partial charge in [0.05, 0.1) is 12.1 Å². The number of para-hydroxylation sites is 1. The molecule has 1 amide bonds. The number of aryl methyl sites for hydroxylation is 1. The normalized spacial score (nSPS) is 19.3. The van der Waals surface area contributed by atoms with E-state index < -0.39 is 5.97 Å². The third-order valence-electron chi connectivity index (χ3n) is 5.10. The summed E-state index contributed by atoms with van der Waals surface area (Å²) in [4.78, 5) is 29.4. The summed E-state index contributed by atoms with van der Waals surface area (Å²) in [6, 6.07) is 10.3. The van der Waals surface area contributed by atoms with E-state index in [2.05, 4.69) is 10.3 Å². The maximum absolute atomic E-state index is 12.2. The molecular formula is C20H25N3O3.